The Kier molecular flexibility index (Phi) is 4.41. The number of rotatable bonds is 4. The predicted octanol–water partition coefficient (Wildman–Crippen LogP) is 3.97. The average Bonchev–Trinajstić information content (AvgIpc) is 2.78. The summed E-state index contributed by atoms with van der Waals surface area (Å²) in [6.45, 7) is 5.83. The molecule has 2 aliphatic rings. The first-order chi connectivity index (χ1) is 12.6. The molecule has 1 atom stereocenters. The first-order valence-electron chi connectivity index (χ1n) is 9.16. The maximum Gasteiger partial charge on any atom is 0.174 e. The molecular formula is C21H25NO4. The number of ether oxygens (including phenoxy) is 3. The summed E-state index contributed by atoms with van der Waals surface area (Å²) < 4.78 is 17.7. The van der Waals surface area contributed by atoms with Crippen molar-refractivity contribution >= 4 is 0 Å². The Morgan fingerprint density at radius 2 is 2.08 bits per heavy atom. The molecule has 1 unspecified atom stereocenters. The summed E-state index contributed by atoms with van der Waals surface area (Å²) in [7, 11) is 1.54. The number of fused-ring (bicyclic) bond motifs is 1. The molecule has 0 saturated heterocycles. The van der Waals surface area contributed by atoms with Gasteiger partial charge in [-0.25, -0.2) is 0 Å². The smallest absolute Gasteiger partial charge is 0.174 e. The van der Waals surface area contributed by atoms with Gasteiger partial charge in [-0.2, -0.15) is 0 Å². The highest BCUT2D eigenvalue weighted by atomic mass is 16.5. The molecule has 4 rings (SSSR count). The van der Waals surface area contributed by atoms with Crippen LogP contribution in [0.2, 0.25) is 0 Å². The summed E-state index contributed by atoms with van der Waals surface area (Å²) in [6.07, 6.45) is 1.72. The van der Waals surface area contributed by atoms with E-state index in [0.29, 0.717) is 24.0 Å². The Labute approximate surface area is 153 Å². The predicted molar refractivity (Wildman–Crippen MR) is 99.7 cm³/mol. The van der Waals surface area contributed by atoms with Gasteiger partial charge < -0.3 is 24.6 Å². The molecule has 0 bridgehead atoms. The molecule has 2 aromatic carbocycles. The fourth-order valence-corrected chi connectivity index (χ4v) is 3.69. The van der Waals surface area contributed by atoms with E-state index in [1.165, 1.54) is 11.1 Å². The van der Waals surface area contributed by atoms with Crippen molar-refractivity contribution in [2.75, 3.05) is 20.3 Å². The van der Waals surface area contributed by atoms with Crippen molar-refractivity contribution < 1.29 is 19.3 Å². The summed E-state index contributed by atoms with van der Waals surface area (Å²) in [6, 6.07) is 7.81. The normalized spacial score (nSPS) is 17.8. The van der Waals surface area contributed by atoms with Gasteiger partial charge in [0, 0.05) is 23.2 Å². The number of phenols is 1. The van der Waals surface area contributed by atoms with Gasteiger partial charge in [0.2, 0.25) is 0 Å². The zero-order valence-corrected chi connectivity index (χ0v) is 15.5. The van der Waals surface area contributed by atoms with Crippen LogP contribution >= 0.6 is 0 Å². The molecule has 5 nitrogen and oxygen atoms in total. The first kappa shape index (κ1) is 17.0. The molecule has 0 saturated carbocycles. The quantitative estimate of drug-likeness (QED) is 0.869. The minimum absolute atomic E-state index is 0.133. The third-order valence-corrected chi connectivity index (χ3v) is 4.95. The molecule has 0 radical (unpaired) electrons. The lowest BCUT2D eigenvalue weighted by molar-refractivity contribution is 0.260. The van der Waals surface area contributed by atoms with E-state index in [9.17, 15) is 5.11 Å². The number of phenolic OH excluding ortho intramolecular Hbond substituents is 1. The lowest BCUT2D eigenvalue weighted by Gasteiger charge is -2.28. The second-order valence-corrected chi connectivity index (χ2v) is 7.37. The Morgan fingerprint density at radius 3 is 2.85 bits per heavy atom. The number of benzene rings is 2. The number of nitrogens with one attached hydrogen (secondary N) is 1. The van der Waals surface area contributed by atoms with Gasteiger partial charge in [0.1, 0.15) is 5.75 Å². The molecule has 2 aromatic rings. The van der Waals surface area contributed by atoms with Gasteiger partial charge in [0.25, 0.3) is 0 Å². The summed E-state index contributed by atoms with van der Waals surface area (Å²) >= 11 is 0. The van der Waals surface area contributed by atoms with Crippen molar-refractivity contribution in [3.05, 3.63) is 41.0 Å². The standard InChI is InChI=1S/C21H25NO4/c1-12(2)11-25-17-5-4-13-6-7-22-15-8-14-9-16(23)19(24-3)10-18(14)26-21(17)20(13)15/h4-5,9-10,12,15,22-23H,6-8,11H2,1-3H3. The van der Waals surface area contributed by atoms with E-state index in [4.69, 9.17) is 14.2 Å². The molecule has 2 aliphatic heterocycles. The van der Waals surface area contributed by atoms with Crippen LogP contribution in [0.3, 0.4) is 0 Å². The highest BCUT2D eigenvalue weighted by Crippen LogP contribution is 2.48. The molecule has 0 amide bonds. The second kappa shape index (κ2) is 6.72. The van der Waals surface area contributed by atoms with Crippen LogP contribution in [0.1, 0.15) is 36.6 Å². The van der Waals surface area contributed by atoms with Crippen molar-refractivity contribution in [1.82, 2.24) is 5.32 Å². The van der Waals surface area contributed by atoms with E-state index in [1.807, 2.05) is 6.07 Å². The van der Waals surface area contributed by atoms with E-state index in [0.717, 1.165) is 36.4 Å². The van der Waals surface area contributed by atoms with Crippen LogP contribution in [0.25, 0.3) is 0 Å². The topological polar surface area (TPSA) is 60.0 Å². The summed E-state index contributed by atoms with van der Waals surface area (Å²) in [5.74, 6) is 3.24. The third kappa shape index (κ3) is 2.97. The van der Waals surface area contributed by atoms with Gasteiger partial charge in [0.15, 0.2) is 23.0 Å². The molecule has 5 heteroatoms. The van der Waals surface area contributed by atoms with Crippen LogP contribution < -0.4 is 19.5 Å². The molecular weight excluding hydrogens is 330 g/mol. The molecule has 0 spiro atoms. The zero-order valence-electron chi connectivity index (χ0n) is 15.5. The van der Waals surface area contributed by atoms with Crippen LogP contribution in [0.4, 0.5) is 0 Å². The van der Waals surface area contributed by atoms with Gasteiger partial charge in [-0.05, 0) is 43.0 Å². The average molecular weight is 355 g/mol. The van der Waals surface area contributed by atoms with Crippen LogP contribution in [0.5, 0.6) is 28.7 Å². The summed E-state index contributed by atoms with van der Waals surface area (Å²) in [4.78, 5) is 0. The second-order valence-electron chi connectivity index (χ2n) is 7.37. The number of methoxy groups -OCH3 is 1. The minimum Gasteiger partial charge on any atom is -0.504 e. The number of hydrogen-bond donors (Lipinski definition) is 2. The fraction of sp³-hybridized carbons (Fsp3) is 0.429. The van der Waals surface area contributed by atoms with Crippen molar-refractivity contribution in [3.63, 3.8) is 0 Å². The van der Waals surface area contributed by atoms with Crippen LogP contribution in [-0.4, -0.2) is 25.4 Å². The highest BCUT2D eigenvalue weighted by Gasteiger charge is 2.31. The van der Waals surface area contributed by atoms with Crippen LogP contribution in [-0.2, 0) is 12.8 Å². The minimum atomic E-state index is 0.133. The van der Waals surface area contributed by atoms with E-state index < -0.39 is 0 Å². The molecule has 0 aromatic heterocycles. The molecule has 2 N–H and O–H groups in total. The number of aromatic hydroxyl groups is 1. The molecule has 2 heterocycles. The third-order valence-electron chi connectivity index (χ3n) is 4.95. The molecule has 26 heavy (non-hydrogen) atoms. The van der Waals surface area contributed by atoms with Gasteiger partial charge >= 0.3 is 0 Å². The maximum absolute atomic E-state index is 10.2. The van der Waals surface area contributed by atoms with Crippen molar-refractivity contribution in [2.45, 2.75) is 32.7 Å². The van der Waals surface area contributed by atoms with E-state index in [2.05, 4.69) is 25.2 Å². The number of hydrogen-bond acceptors (Lipinski definition) is 5. The van der Waals surface area contributed by atoms with Gasteiger partial charge in [-0.3, -0.25) is 0 Å². The highest BCUT2D eigenvalue weighted by molar-refractivity contribution is 5.60. The fourth-order valence-electron chi connectivity index (χ4n) is 3.69. The van der Waals surface area contributed by atoms with Gasteiger partial charge in [-0.15, -0.1) is 0 Å². The Bertz CT molecular complexity index is 831. The van der Waals surface area contributed by atoms with Gasteiger partial charge in [-0.1, -0.05) is 19.9 Å². The first-order valence-corrected chi connectivity index (χ1v) is 9.16. The van der Waals surface area contributed by atoms with Gasteiger partial charge in [0.05, 0.1) is 13.7 Å². The Hall–Kier alpha value is -2.40. The van der Waals surface area contributed by atoms with Crippen LogP contribution in [0.15, 0.2) is 24.3 Å². The lowest BCUT2D eigenvalue weighted by atomic mass is 9.90. The molecule has 0 fully saturated rings. The summed E-state index contributed by atoms with van der Waals surface area (Å²) in [5, 5.41) is 13.8. The Morgan fingerprint density at radius 1 is 1.23 bits per heavy atom. The molecule has 0 aliphatic carbocycles. The maximum atomic E-state index is 10.2. The Balaban J connectivity index is 1.83. The van der Waals surface area contributed by atoms with E-state index >= 15 is 0 Å². The zero-order chi connectivity index (χ0) is 18.3. The van der Waals surface area contributed by atoms with Crippen molar-refractivity contribution in [3.8, 4) is 28.7 Å². The summed E-state index contributed by atoms with van der Waals surface area (Å²) in [5.41, 5.74) is 3.43. The van der Waals surface area contributed by atoms with E-state index in [1.54, 1.807) is 19.2 Å². The van der Waals surface area contributed by atoms with E-state index in [-0.39, 0.29) is 11.8 Å². The monoisotopic (exact) mass is 355 g/mol. The molecule has 138 valence electrons. The lowest BCUT2D eigenvalue weighted by Crippen LogP contribution is -2.31. The SMILES string of the molecule is COc1cc2c(cc1O)CC1NCCc3ccc(OCC(C)C)c(c31)O2. The largest absolute Gasteiger partial charge is 0.504 e. The van der Waals surface area contributed by atoms with Crippen molar-refractivity contribution in [1.29, 1.82) is 0 Å². The van der Waals surface area contributed by atoms with Crippen LogP contribution in [0, 0.1) is 5.92 Å². The van der Waals surface area contributed by atoms with Crippen molar-refractivity contribution in [2.24, 2.45) is 5.92 Å².